The maximum absolute atomic E-state index is 12.2. The van der Waals surface area contributed by atoms with E-state index in [1.165, 1.54) is 0 Å². The van der Waals surface area contributed by atoms with Crippen LogP contribution in [0.3, 0.4) is 0 Å². The quantitative estimate of drug-likeness (QED) is 0.444. The molecule has 1 N–H and O–H groups in total. The van der Waals surface area contributed by atoms with Gasteiger partial charge in [-0.2, -0.15) is 0 Å². The van der Waals surface area contributed by atoms with Crippen molar-refractivity contribution in [2.45, 2.75) is 58.2 Å². The summed E-state index contributed by atoms with van der Waals surface area (Å²) < 4.78 is 11.8. The smallest absolute Gasteiger partial charge is 0.340 e. The minimum absolute atomic E-state index is 0.112. The van der Waals surface area contributed by atoms with E-state index in [9.17, 15) is 9.59 Å². The van der Waals surface area contributed by atoms with Gasteiger partial charge >= 0.3 is 5.97 Å². The molecule has 0 aromatic heterocycles. The SMILES string of the molecule is CC[Si](CC)(CC)O[C@H](C)[C@@H]1C(=O)N[C@@H]1OC(=O)c1ccccc1. The van der Waals surface area contributed by atoms with Crippen LogP contribution in [0.1, 0.15) is 38.1 Å². The molecule has 0 aliphatic carbocycles. The van der Waals surface area contributed by atoms with Gasteiger partial charge in [0.25, 0.3) is 0 Å². The van der Waals surface area contributed by atoms with Crippen LogP contribution in [0.2, 0.25) is 18.1 Å². The average Bonchev–Trinajstić information content (AvgIpc) is 2.59. The summed E-state index contributed by atoms with van der Waals surface area (Å²) in [5.74, 6) is -0.975. The molecule has 1 aliphatic heterocycles. The molecule has 1 aliphatic rings. The van der Waals surface area contributed by atoms with Crippen molar-refractivity contribution in [1.29, 1.82) is 0 Å². The van der Waals surface area contributed by atoms with Gasteiger partial charge in [-0.25, -0.2) is 4.79 Å². The Morgan fingerprint density at radius 1 is 1.17 bits per heavy atom. The molecule has 1 amide bonds. The Labute approximate surface area is 144 Å². The van der Waals surface area contributed by atoms with Crippen molar-refractivity contribution in [3.8, 4) is 0 Å². The highest BCUT2D eigenvalue weighted by Crippen LogP contribution is 2.30. The van der Waals surface area contributed by atoms with Gasteiger partial charge in [0.1, 0.15) is 5.92 Å². The van der Waals surface area contributed by atoms with Crippen LogP contribution in [0.5, 0.6) is 0 Å². The van der Waals surface area contributed by atoms with Crippen molar-refractivity contribution < 1.29 is 18.8 Å². The van der Waals surface area contributed by atoms with E-state index in [4.69, 9.17) is 9.16 Å². The Balaban J connectivity index is 2.01. The summed E-state index contributed by atoms with van der Waals surface area (Å²) in [7, 11) is -1.81. The van der Waals surface area contributed by atoms with Crippen molar-refractivity contribution in [2.24, 2.45) is 5.92 Å². The maximum atomic E-state index is 12.2. The fourth-order valence-electron chi connectivity index (χ4n) is 3.15. The number of β-lactam (4-membered cyclic amide) rings is 1. The molecular weight excluding hydrogens is 322 g/mol. The fraction of sp³-hybridized carbons (Fsp3) is 0.556. The van der Waals surface area contributed by atoms with Crippen molar-refractivity contribution in [3.63, 3.8) is 0 Å². The highest BCUT2D eigenvalue weighted by Gasteiger charge is 2.48. The molecule has 1 heterocycles. The van der Waals surface area contributed by atoms with Gasteiger partial charge in [-0.05, 0) is 37.2 Å². The molecule has 1 fully saturated rings. The standard InChI is InChI=1S/C18H27NO4Si/c1-5-24(6-2,7-3)23-13(4)15-16(20)19-17(15)22-18(21)14-11-9-8-10-12-14/h8-13,15,17H,5-7H2,1-4H3,(H,19,20)/t13-,15-,17-/m1/s1. The fourth-order valence-corrected chi connectivity index (χ4v) is 6.09. The Morgan fingerprint density at radius 2 is 1.75 bits per heavy atom. The van der Waals surface area contributed by atoms with Crippen LogP contribution in [0, 0.1) is 5.92 Å². The number of carbonyl (C=O) groups excluding carboxylic acids is 2. The van der Waals surface area contributed by atoms with Crippen LogP contribution < -0.4 is 5.32 Å². The summed E-state index contributed by atoms with van der Waals surface area (Å²) >= 11 is 0. The van der Waals surface area contributed by atoms with Crippen LogP contribution in [0.25, 0.3) is 0 Å². The molecule has 132 valence electrons. The first-order valence-electron chi connectivity index (χ1n) is 8.70. The number of nitrogens with one attached hydrogen (secondary N) is 1. The topological polar surface area (TPSA) is 64.6 Å². The third-order valence-electron chi connectivity index (χ3n) is 5.03. The maximum Gasteiger partial charge on any atom is 0.340 e. The molecule has 24 heavy (non-hydrogen) atoms. The van der Waals surface area contributed by atoms with Crippen LogP contribution in [-0.2, 0) is 14.0 Å². The van der Waals surface area contributed by atoms with Gasteiger partial charge in [0.2, 0.25) is 5.91 Å². The van der Waals surface area contributed by atoms with E-state index in [1.807, 2.05) is 13.0 Å². The number of esters is 1. The van der Waals surface area contributed by atoms with Gasteiger partial charge in [-0.15, -0.1) is 0 Å². The van der Waals surface area contributed by atoms with Crippen LogP contribution >= 0.6 is 0 Å². The number of amides is 1. The number of ether oxygens (including phenoxy) is 1. The zero-order valence-corrected chi connectivity index (χ0v) is 15.9. The summed E-state index contributed by atoms with van der Waals surface area (Å²) in [6.45, 7) is 8.37. The predicted molar refractivity (Wildman–Crippen MR) is 95.0 cm³/mol. The molecule has 6 heteroatoms. The lowest BCUT2D eigenvalue weighted by Gasteiger charge is -2.42. The summed E-state index contributed by atoms with van der Waals surface area (Å²) in [5, 5.41) is 2.67. The molecule has 1 aromatic rings. The van der Waals surface area contributed by atoms with E-state index >= 15 is 0 Å². The molecule has 1 saturated heterocycles. The predicted octanol–water partition coefficient (Wildman–Crippen LogP) is 3.33. The Morgan fingerprint density at radius 3 is 2.25 bits per heavy atom. The minimum Gasteiger partial charge on any atom is -0.437 e. The van der Waals surface area contributed by atoms with E-state index < -0.39 is 26.4 Å². The molecule has 3 atom stereocenters. The van der Waals surface area contributed by atoms with Crippen molar-refractivity contribution in [1.82, 2.24) is 5.32 Å². The van der Waals surface area contributed by atoms with Gasteiger partial charge in [0, 0.05) is 0 Å². The summed E-state index contributed by atoms with van der Waals surface area (Å²) in [5.41, 5.74) is 0.477. The molecule has 1 aromatic carbocycles. The molecule has 2 rings (SSSR count). The van der Waals surface area contributed by atoms with E-state index in [2.05, 4.69) is 26.1 Å². The highest BCUT2D eigenvalue weighted by molar-refractivity contribution is 6.73. The van der Waals surface area contributed by atoms with Gasteiger partial charge in [-0.3, -0.25) is 4.79 Å². The number of benzene rings is 1. The first-order valence-corrected chi connectivity index (χ1v) is 11.2. The van der Waals surface area contributed by atoms with Gasteiger partial charge in [0.05, 0.1) is 11.7 Å². The zero-order valence-electron chi connectivity index (χ0n) is 14.9. The van der Waals surface area contributed by atoms with Crippen molar-refractivity contribution >= 4 is 20.2 Å². The Hall–Kier alpha value is -1.66. The minimum atomic E-state index is -1.81. The van der Waals surface area contributed by atoms with Crippen LogP contribution in [0.4, 0.5) is 0 Å². The monoisotopic (exact) mass is 349 g/mol. The van der Waals surface area contributed by atoms with E-state index in [0.717, 1.165) is 18.1 Å². The normalized spacial score (nSPS) is 21.6. The molecule has 0 bridgehead atoms. The van der Waals surface area contributed by atoms with Crippen LogP contribution in [-0.4, -0.2) is 32.5 Å². The molecule has 0 saturated carbocycles. The lowest BCUT2D eigenvalue weighted by atomic mass is 9.93. The summed E-state index contributed by atoms with van der Waals surface area (Å²) in [6, 6.07) is 11.9. The average molecular weight is 350 g/mol. The van der Waals surface area contributed by atoms with E-state index in [-0.39, 0.29) is 12.0 Å². The largest absolute Gasteiger partial charge is 0.437 e. The third kappa shape index (κ3) is 3.87. The zero-order chi connectivity index (χ0) is 17.7. The highest BCUT2D eigenvalue weighted by atomic mass is 28.4. The molecule has 0 unspecified atom stereocenters. The Bertz CT molecular complexity index is 565. The van der Waals surface area contributed by atoms with Crippen molar-refractivity contribution in [2.75, 3.05) is 0 Å². The Kier molecular flexibility index (Phi) is 6.18. The second-order valence-corrected chi connectivity index (χ2v) is 11.0. The summed E-state index contributed by atoms with van der Waals surface area (Å²) in [6.07, 6.45) is -0.865. The molecule has 5 nitrogen and oxygen atoms in total. The third-order valence-corrected chi connectivity index (χ3v) is 9.77. The van der Waals surface area contributed by atoms with Gasteiger partial charge in [0.15, 0.2) is 14.5 Å². The van der Waals surface area contributed by atoms with E-state index in [1.54, 1.807) is 24.3 Å². The van der Waals surface area contributed by atoms with Crippen molar-refractivity contribution in [3.05, 3.63) is 35.9 Å². The number of rotatable bonds is 8. The van der Waals surface area contributed by atoms with Gasteiger partial charge in [-0.1, -0.05) is 39.0 Å². The number of hydrogen-bond donors (Lipinski definition) is 1. The second kappa shape index (κ2) is 7.94. The lowest BCUT2D eigenvalue weighted by Crippen LogP contribution is -2.65. The lowest BCUT2D eigenvalue weighted by molar-refractivity contribution is -0.154. The molecule has 0 spiro atoms. The number of hydrogen-bond acceptors (Lipinski definition) is 4. The van der Waals surface area contributed by atoms with E-state index in [0.29, 0.717) is 5.56 Å². The first-order chi connectivity index (χ1) is 11.5. The molecular formula is C18H27NO4Si. The number of carbonyl (C=O) groups is 2. The first kappa shape index (κ1) is 18.7. The second-order valence-electron chi connectivity index (χ2n) is 6.29. The van der Waals surface area contributed by atoms with Gasteiger partial charge < -0.3 is 14.5 Å². The summed E-state index contributed by atoms with van der Waals surface area (Å²) in [4.78, 5) is 24.2. The van der Waals surface area contributed by atoms with Crippen LogP contribution in [0.15, 0.2) is 30.3 Å². The molecule has 0 radical (unpaired) electrons.